The first-order valence-corrected chi connectivity index (χ1v) is 30.1. The summed E-state index contributed by atoms with van der Waals surface area (Å²) in [6.45, 7) is 1.53. The van der Waals surface area contributed by atoms with Crippen LogP contribution in [0.4, 0.5) is 40.0 Å². The second-order valence-corrected chi connectivity index (χ2v) is 25.4. The number of anilines is 6. The maximum Gasteiger partial charge on any atom is 0.315 e. The number of rotatable bonds is 13. The molecule has 2 spiro atoms. The fourth-order valence-electron chi connectivity index (χ4n) is 13.9. The number of urea groups is 1. The molecule has 0 aliphatic heterocycles. The number of carbonyl (C=O) groups excluding carboxylic acids is 2. The number of H-pyrrole nitrogens is 2. The Balaban J connectivity index is 0.000000138. The van der Waals surface area contributed by atoms with E-state index in [2.05, 4.69) is 105 Å². The number of nitrogens with zero attached hydrogens (tertiary/aromatic N) is 10. The molecule has 8 aliphatic rings. The van der Waals surface area contributed by atoms with Crippen LogP contribution in [0.1, 0.15) is 166 Å². The van der Waals surface area contributed by atoms with Gasteiger partial charge in [-0.1, -0.05) is 12.1 Å². The summed E-state index contributed by atoms with van der Waals surface area (Å²) in [4.78, 5) is 46.5. The minimum Gasteiger partial charge on any atom is -0.353 e. The number of nitrogens with one attached hydrogen (secondary N) is 7. The van der Waals surface area contributed by atoms with Gasteiger partial charge < -0.3 is 42.1 Å². The minimum absolute atomic E-state index is 0.00770. The van der Waals surface area contributed by atoms with Gasteiger partial charge in [0, 0.05) is 105 Å². The van der Waals surface area contributed by atoms with Gasteiger partial charge in [-0.2, -0.15) is 30.7 Å². The number of nitrogens with two attached hydrogens (primary N) is 1. The molecule has 6 aromatic rings. The van der Waals surface area contributed by atoms with Crippen molar-refractivity contribution in [3.63, 3.8) is 0 Å². The SMILES string of the molecule is CC(=O)NC1Cc2ccc(C#N)cc2C1.CN(c1nccc(Nc2cc(C3CC4(CC4)C3)[nH]n2)n1)C1CCC(N)CC1.CN(c1nccc(Nc2cc(C3CC4(CC4)C3)[nH]n2)n1)C1CCC(NC(=O)NC2Cc3ccc(C#N)cc3C2)CC1. The zero-order chi connectivity index (χ0) is 57.2. The Hall–Kier alpha value is -8.10. The van der Waals surface area contributed by atoms with Gasteiger partial charge in [-0.25, -0.2) is 14.8 Å². The summed E-state index contributed by atoms with van der Waals surface area (Å²) >= 11 is 0. The highest BCUT2D eigenvalue weighted by molar-refractivity contribution is 5.75. The van der Waals surface area contributed by atoms with Crippen LogP contribution >= 0.6 is 0 Å². The lowest BCUT2D eigenvalue weighted by molar-refractivity contribution is -0.119. The zero-order valence-electron chi connectivity index (χ0n) is 48.1. The summed E-state index contributed by atoms with van der Waals surface area (Å²) in [6.07, 6.45) is 25.9. The van der Waals surface area contributed by atoms with Gasteiger partial charge in [0.25, 0.3) is 0 Å². The average molecular weight is 1120 g/mol. The first-order chi connectivity index (χ1) is 40.2. The highest BCUT2D eigenvalue weighted by atomic mass is 16.2. The molecule has 83 heavy (non-hydrogen) atoms. The van der Waals surface area contributed by atoms with E-state index < -0.39 is 0 Å². The van der Waals surface area contributed by atoms with E-state index in [1.807, 2.05) is 54.7 Å². The molecule has 0 saturated heterocycles. The monoisotopic (exact) mass is 1120 g/mol. The third-order valence-electron chi connectivity index (χ3n) is 19.3. The molecule has 20 nitrogen and oxygen atoms in total. The largest absolute Gasteiger partial charge is 0.353 e. The molecule has 3 amide bonds. The Kier molecular flexibility index (Phi) is 15.8. The Morgan fingerprint density at radius 3 is 1.45 bits per heavy atom. The number of fused-ring (bicyclic) bond motifs is 2. The van der Waals surface area contributed by atoms with Crippen LogP contribution in [0.5, 0.6) is 0 Å². The van der Waals surface area contributed by atoms with Crippen molar-refractivity contribution in [2.75, 3.05) is 34.5 Å². The number of nitriles is 2. The van der Waals surface area contributed by atoms with Crippen LogP contribution in [0.15, 0.2) is 73.1 Å². The van der Waals surface area contributed by atoms with E-state index >= 15 is 0 Å². The molecule has 432 valence electrons. The van der Waals surface area contributed by atoms with E-state index in [-0.39, 0.29) is 30.1 Å². The zero-order valence-corrected chi connectivity index (χ0v) is 48.1. The van der Waals surface area contributed by atoms with Gasteiger partial charge in [0.05, 0.1) is 23.3 Å². The maximum atomic E-state index is 12.7. The molecule has 14 rings (SSSR count). The number of aromatic amines is 2. The molecule has 4 aromatic heterocycles. The molecule has 2 atom stereocenters. The van der Waals surface area contributed by atoms with Gasteiger partial charge in [0.2, 0.25) is 17.8 Å². The van der Waals surface area contributed by atoms with Gasteiger partial charge in [0.1, 0.15) is 11.6 Å². The molecule has 20 heteroatoms. The Morgan fingerprint density at radius 2 is 1.00 bits per heavy atom. The Bertz CT molecular complexity index is 3370. The molecule has 0 radical (unpaired) electrons. The highest BCUT2D eigenvalue weighted by Gasteiger charge is 2.54. The van der Waals surface area contributed by atoms with Gasteiger partial charge in [0.15, 0.2) is 11.6 Å². The van der Waals surface area contributed by atoms with Crippen LogP contribution < -0.4 is 42.1 Å². The van der Waals surface area contributed by atoms with E-state index in [1.165, 1.54) is 86.4 Å². The van der Waals surface area contributed by atoms with Crippen molar-refractivity contribution in [3.8, 4) is 12.1 Å². The third-order valence-corrected chi connectivity index (χ3v) is 19.3. The van der Waals surface area contributed by atoms with Crippen molar-refractivity contribution in [2.24, 2.45) is 16.6 Å². The van der Waals surface area contributed by atoms with Crippen LogP contribution in [0.25, 0.3) is 0 Å². The fraction of sp³-hybridized carbons (Fsp3) is 0.524. The highest BCUT2D eigenvalue weighted by Crippen LogP contribution is 2.67. The third kappa shape index (κ3) is 13.2. The summed E-state index contributed by atoms with van der Waals surface area (Å²) in [6, 6.07) is 25.3. The van der Waals surface area contributed by atoms with Crippen LogP contribution in [-0.4, -0.2) is 103 Å². The van der Waals surface area contributed by atoms with E-state index in [4.69, 9.17) is 26.2 Å². The molecule has 4 heterocycles. The smallest absolute Gasteiger partial charge is 0.315 e. The van der Waals surface area contributed by atoms with Crippen molar-refractivity contribution >= 4 is 47.1 Å². The molecule has 9 N–H and O–H groups in total. The first kappa shape index (κ1) is 55.4. The quantitative estimate of drug-likeness (QED) is 0.0535. The molecule has 2 unspecified atom stereocenters. The fourth-order valence-corrected chi connectivity index (χ4v) is 13.9. The normalized spacial score (nSPS) is 24.5. The van der Waals surface area contributed by atoms with Crippen molar-refractivity contribution in [1.29, 1.82) is 10.5 Å². The lowest BCUT2D eigenvalue weighted by atomic mass is 9.70. The number of aromatic nitrogens is 8. The second kappa shape index (κ2) is 23.6. The van der Waals surface area contributed by atoms with Crippen LogP contribution in [0.3, 0.4) is 0 Å². The molecule has 2 aromatic carbocycles. The second-order valence-electron chi connectivity index (χ2n) is 25.4. The summed E-state index contributed by atoms with van der Waals surface area (Å²) in [7, 11) is 4.13. The van der Waals surface area contributed by atoms with E-state index in [1.54, 1.807) is 6.20 Å². The van der Waals surface area contributed by atoms with Crippen molar-refractivity contribution in [1.82, 2.24) is 56.3 Å². The molecule has 8 aliphatic carbocycles. The number of carbonyl (C=O) groups is 2. The number of benzene rings is 2. The number of amides is 3. The molecular weight excluding hydrogens is 1040 g/mol. The molecule has 6 fully saturated rings. The van der Waals surface area contributed by atoms with Gasteiger partial charge in [-0.15, -0.1) is 0 Å². The number of hydrogen-bond acceptors (Lipinski definition) is 15. The molecular formula is C63H78N18O2. The Morgan fingerprint density at radius 1 is 0.566 bits per heavy atom. The van der Waals surface area contributed by atoms with Gasteiger partial charge in [-0.3, -0.25) is 15.0 Å². The van der Waals surface area contributed by atoms with Crippen LogP contribution in [0.2, 0.25) is 0 Å². The topological polar surface area (TPSA) is 283 Å². The maximum absolute atomic E-state index is 12.7. The summed E-state index contributed by atoms with van der Waals surface area (Å²) in [5.41, 5.74) is 16.1. The Labute approximate surface area is 486 Å². The number of hydrogen-bond donors (Lipinski definition) is 8. The van der Waals surface area contributed by atoms with Crippen molar-refractivity contribution in [3.05, 3.63) is 118 Å². The minimum atomic E-state index is -0.104. The van der Waals surface area contributed by atoms with E-state index in [9.17, 15) is 9.59 Å². The van der Waals surface area contributed by atoms with E-state index in [0.29, 0.717) is 57.9 Å². The van der Waals surface area contributed by atoms with Gasteiger partial charge >= 0.3 is 6.03 Å². The summed E-state index contributed by atoms with van der Waals surface area (Å²) in [5.74, 6) is 5.86. The lowest BCUT2D eigenvalue weighted by Gasteiger charge is -2.35. The summed E-state index contributed by atoms with van der Waals surface area (Å²) < 4.78 is 0. The molecule has 6 saturated carbocycles. The van der Waals surface area contributed by atoms with Gasteiger partial charge in [-0.05, 0) is 198 Å². The van der Waals surface area contributed by atoms with E-state index in [0.717, 1.165) is 112 Å². The van der Waals surface area contributed by atoms with Crippen molar-refractivity contribution in [2.45, 2.75) is 183 Å². The predicted octanol–water partition coefficient (Wildman–Crippen LogP) is 9.16. The first-order valence-electron chi connectivity index (χ1n) is 30.1. The molecule has 0 bridgehead atoms. The standard InChI is InChI=1S/C31H37N9O.C20H29N7.C12H12N2O/c1-40(29-33-11-8-27(37-29)36-28-15-26(38-39-28)22-16-31(17-22)9-10-31)25-6-4-23(5-7-25)34-30(41)35-24-13-20-3-2-19(18-32)12-21(20)14-24;1-27(15-4-2-14(21)3-5-15)19-22-9-6-17(24-19)23-18-10-16(25-26-18)13-11-20(12-13)7-8-20;1-8(15)14-12-5-10-3-2-9(7-13)4-11(10)6-12/h2-3,8,11-12,15,22-25H,4-7,9-10,13-14,16-17H2,1H3,(H2,34,35,41)(H2,33,36,37,38,39);6,9-10,13-15H,2-5,7-8,11-12,21H2,1H3,(H2,22,23,24,25,26);2-4,12H,5-6H2,1H3,(H,14,15). The predicted molar refractivity (Wildman–Crippen MR) is 318 cm³/mol. The van der Waals surface area contributed by atoms with Crippen LogP contribution in [0, 0.1) is 33.5 Å². The van der Waals surface area contributed by atoms with Crippen LogP contribution in [-0.2, 0) is 30.5 Å². The average Bonchev–Trinajstić information content (AvgIpc) is 2.98. The van der Waals surface area contributed by atoms with Crippen molar-refractivity contribution < 1.29 is 9.59 Å². The lowest BCUT2D eigenvalue weighted by Crippen LogP contribution is -2.49. The summed E-state index contributed by atoms with van der Waals surface area (Å²) in [5, 5.41) is 49.1.